The molecule has 8 heteroatoms. The minimum Gasteiger partial charge on any atom is -0.454 e. The quantitative estimate of drug-likeness (QED) is 0.780. The molecule has 2 aromatic carbocycles. The summed E-state index contributed by atoms with van der Waals surface area (Å²) in [6.07, 6.45) is 0. The summed E-state index contributed by atoms with van der Waals surface area (Å²) in [5.74, 6) is 0.135. The molecule has 6 nitrogen and oxygen atoms in total. The number of nitrogens with one attached hydrogen (secondary N) is 1. The lowest BCUT2D eigenvalue weighted by molar-refractivity contribution is -0.124. The van der Waals surface area contributed by atoms with E-state index in [2.05, 4.69) is 5.32 Å². The van der Waals surface area contributed by atoms with Crippen LogP contribution < -0.4 is 14.8 Å². The van der Waals surface area contributed by atoms with Gasteiger partial charge in [-0.15, -0.1) is 0 Å². The lowest BCUT2D eigenvalue weighted by Gasteiger charge is -2.15. The number of hydrogen-bond acceptors (Lipinski definition) is 5. The number of amides is 1. The van der Waals surface area contributed by atoms with Gasteiger partial charge in [-0.1, -0.05) is 29.3 Å². The van der Waals surface area contributed by atoms with Crippen LogP contribution in [0.1, 0.15) is 28.9 Å². The standard InChI is InChI=1S/C18H15Cl2NO5/c1-10(11-2-5-15-16(6-11)26-9-25-15)21-17(22)8-24-18(23)13-7-12(19)3-4-14(13)20/h2-7,10H,8-9H2,1H3,(H,21,22). The second kappa shape index (κ2) is 7.85. The van der Waals surface area contributed by atoms with Crippen LogP contribution in [0.4, 0.5) is 0 Å². The first kappa shape index (κ1) is 18.4. The van der Waals surface area contributed by atoms with Gasteiger partial charge in [-0.25, -0.2) is 4.79 Å². The lowest BCUT2D eigenvalue weighted by Crippen LogP contribution is -2.31. The molecule has 0 fully saturated rings. The van der Waals surface area contributed by atoms with E-state index in [0.717, 1.165) is 5.56 Å². The first-order chi connectivity index (χ1) is 12.4. The van der Waals surface area contributed by atoms with Gasteiger partial charge in [0, 0.05) is 5.02 Å². The first-order valence-corrected chi connectivity index (χ1v) is 8.50. The number of carbonyl (C=O) groups excluding carboxylic acids is 2. The van der Waals surface area contributed by atoms with Crippen LogP contribution in [0.25, 0.3) is 0 Å². The van der Waals surface area contributed by atoms with Crippen molar-refractivity contribution in [2.45, 2.75) is 13.0 Å². The van der Waals surface area contributed by atoms with Gasteiger partial charge < -0.3 is 19.5 Å². The lowest BCUT2D eigenvalue weighted by atomic mass is 10.1. The maximum Gasteiger partial charge on any atom is 0.340 e. The van der Waals surface area contributed by atoms with Crippen LogP contribution in [-0.4, -0.2) is 25.3 Å². The van der Waals surface area contributed by atoms with Crippen LogP contribution in [0, 0.1) is 0 Å². The minimum atomic E-state index is -0.719. The van der Waals surface area contributed by atoms with Crippen LogP contribution >= 0.6 is 23.2 Å². The van der Waals surface area contributed by atoms with Gasteiger partial charge in [0.25, 0.3) is 5.91 Å². The average molecular weight is 396 g/mol. The van der Waals surface area contributed by atoms with Gasteiger partial charge in [-0.2, -0.15) is 0 Å². The SMILES string of the molecule is CC(NC(=O)COC(=O)c1cc(Cl)ccc1Cl)c1ccc2c(c1)OCO2. The minimum absolute atomic E-state index is 0.107. The monoisotopic (exact) mass is 395 g/mol. The van der Waals surface area contributed by atoms with Gasteiger partial charge in [0.05, 0.1) is 16.6 Å². The zero-order valence-electron chi connectivity index (χ0n) is 13.8. The normalized spacial score (nSPS) is 13.2. The van der Waals surface area contributed by atoms with Gasteiger partial charge in [0.1, 0.15) is 0 Å². The number of benzene rings is 2. The molecule has 0 saturated carbocycles. The van der Waals surface area contributed by atoms with E-state index in [4.69, 9.17) is 37.4 Å². The van der Waals surface area contributed by atoms with Crippen molar-refractivity contribution in [3.05, 3.63) is 57.6 Å². The highest BCUT2D eigenvalue weighted by molar-refractivity contribution is 6.35. The molecule has 2 aromatic rings. The van der Waals surface area contributed by atoms with Crippen molar-refractivity contribution in [3.8, 4) is 11.5 Å². The zero-order valence-corrected chi connectivity index (χ0v) is 15.3. The first-order valence-electron chi connectivity index (χ1n) is 7.75. The summed E-state index contributed by atoms with van der Waals surface area (Å²) in [5.41, 5.74) is 0.947. The molecule has 1 aliphatic rings. The number of fused-ring (bicyclic) bond motifs is 1. The van der Waals surface area contributed by atoms with E-state index in [1.807, 2.05) is 13.0 Å². The summed E-state index contributed by atoms with van der Waals surface area (Å²) < 4.78 is 15.6. The Bertz CT molecular complexity index is 855. The maximum atomic E-state index is 12.0. The third kappa shape index (κ3) is 4.20. The molecular formula is C18H15Cl2NO5. The van der Waals surface area contributed by atoms with E-state index in [1.54, 1.807) is 18.2 Å². The van der Waals surface area contributed by atoms with Gasteiger partial charge in [-0.3, -0.25) is 4.79 Å². The van der Waals surface area contributed by atoms with Crippen LogP contribution in [0.5, 0.6) is 11.5 Å². The molecule has 0 radical (unpaired) electrons. The molecule has 1 aliphatic heterocycles. The van der Waals surface area contributed by atoms with Gasteiger partial charge in [0.15, 0.2) is 18.1 Å². The topological polar surface area (TPSA) is 73.9 Å². The van der Waals surface area contributed by atoms with Crippen molar-refractivity contribution >= 4 is 35.1 Å². The average Bonchev–Trinajstić information content (AvgIpc) is 3.09. The Balaban J connectivity index is 1.55. The molecule has 0 bridgehead atoms. The third-order valence-electron chi connectivity index (χ3n) is 3.76. The number of carbonyl (C=O) groups is 2. The molecule has 3 rings (SSSR count). The van der Waals surface area contributed by atoms with E-state index in [1.165, 1.54) is 12.1 Å². The molecule has 26 heavy (non-hydrogen) atoms. The second-order valence-corrected chi connectivity index (χ2v) is 6.45. The Morgan fingerprint density at radius 1 is 1.15 bits per heavy atom. The molecule has 0 saturated heterocycles. The largest absolute Gasteiger partial charge is 0.454 e. The van der Waals surface area contributed by atoms with E-state index in [0.29, 0.717) is 16.5 Å². The second-order valence-electron chi connectivity index (χ2n) is 5.60. The molecular weight excluding hydrogens is 381 g/mol. The Labute approximate surface area is 159 Å². The predicted octanol–water partition coefficient (Wildman–Crippen LogP) is 3.76. The number of halogens is 2. The van der Waals surface area contributed by atoms with Crippen LogP contribution in [0.3, 0.4) is 0 Å². The Kier molecular flexibility index (Phi) is 5.54. The smallest absolute Gasteiger partial charge is 0.340 e. The molecule has 1 atom stereocenters. The third-order valence-corrected chi connectivity index (χ3v) is 4.32. The molecule has 0 spiro atoms. The number of rotatable bonds is 5. The molecule has 1 unspecified atom stereocenters. The van der Waals surface area contributed by atoms with Gasteiger partial charge >= 0.3 is 5.97 Å². The highest BCUT2D eigenvalue weighted by Crippen LogP contribution is 2.34. The van der Waals surface area contributed by atoms with Crippen molar-refractivity contribution in [3.63, 3.8) is 0 Å². The fourth-order valence-electron chi connectivity index (χ4n) is 2.41. The number of esters is 1. The molecule has 1 amide bonds. The summed E-state index contributed by atoms with van der Waals surface area (Å²) in [6.45, 7) is 1.56. The zero-order chi connectivity index (χ0) is 18.7. The maximum absolute atomic E-state index is 12.0. The van der Waals surface area contributed by atoms with Crippen LogP contribution in [0.15, 0.2) is 36.4 Å². The summed E-state index contributed by atoms with van der Waals surface area (Å²) in [5, 5.41) is 3.30. The highest BCUT2D eigenvalue weighted by atomic mass is 35.5. The van der Waals surface area contributed by atoms with Crippen LogP contribution in [-0.2, 0) is 9.53 Å². The van der Waals surface area contributed by atoms with Crippen molar-refractivity contribution in [1.29, 1.82) is 0 Å². The van der Waals surface area contributed by atoms with Gasteiger partial charge in [0.2, 0.25) is 6.79 Å². The van der Waals surface area contributed by atoms with E-state index >= 15 is 0 Å². The summed E-state index contributed by atoms with van der Waals surface area (Å²) >= 11 is 11.8. The molecule has 1 heterocycles. The predicted molar refractivity (Wildman–Crippen MR) is 95.9 cm³/mol. The Hall–Kier alpha value is -2.44. The molecule has 136 valence electrons. The summed E-state index contributed by atoms with van der Waals surface area (Å²) in [4.78, 5) is 24.1. The Morgan fingerprint density at radius 2 is 1.92 bits per heavy atom. The molecule has 1 N–H and O–H groups in total. The van der Waals surface area contributed by atoms with Crippen molar-refractivity contribution < 1.29 is 23.8 Å². The van der Waals surface area contributed by atoms with Crippen LogP contribution in [0.2, 0.25) is 10.0 Å². The van der Waals surface area contributed by atoms with E-state index in [-0.39, 0.29) is 23.4 Å². The molecule has 0 aromatic heterocycles. The van der Waals surface area contributed by atoms with Gasteiger partial charge in [-0.05, 0) is 42.8 Å². The summed E-state index contributed by atoms with van der Waals surface area (Å²) in [7, 11) is 0. The fraction of sp³-hybridized carbons (Fsp3) is 0.222. The van der Waals surface area contributed by atoms with E-state index in [9.17, 15) is 9.59 Å². The number of ether oxygens (including phenoxy) is 3. The summed E-state index contributed by atoms with van der Waals surface area (Å²) in [6, 6.07) is 9.54. The van der Waals surface area contributed by atoms with Crippen molar-refractivity contribution in [1.82, 2.24) is 5.32 Å². The van der Waals surface area contributed by atoms with E-state index < -0.39 is 18.5 Å². The Morgan fingerprint density at radius 3 is 2.73 bits per heavy atom. The van der Waals surface area contributed by atoms with Crippen molar-refractivity contribution in [2.75, 3.05) is 13.4 Å². The number of hydrogen-bond donors (Lipinski definition) is 1. The molecule has 0 aliphatic carbocycles. The fourth-order valence-corrected chi connectivity index (χ4v) is 2.78. The van der Waals surface area contributed by atoms with Crippen molar-refractivity contribution in [2.24, 2.45) is 0 Å². The highest BCUT2D eigenvalue weighted by Gasteiger charge is 2.18.